The molecule has 0 amide bonds. The number of fused-ring (bicyclic) bond motifs is 4. The molecule has 0 aliphatic heterocycles. The fraction of sp³-hybridized carbons (Fsp3) is 0.278. The molecule has 6 aromatic rings. The maximum atomic E-state index is 4.93. The number of halogens is 1. The molecular weight excluding hydrogens is 588 g/mol. The van der Waals surface area contributed by atoms with Crippen molar-refractivity contribution < 1.29 is 0 Å². The molecule has 0 saturated heterocycles. The number of para-hydroxylation sites is 2. The van der Waals surface area contributed by atoms with Crippen LogP contribution in [0.4, 0.5) is 11.4 Å². The standard InChI is InChI=1S/C36H38N4S2.ClH/c1-41-25-17-19-29-33(23-25)39-31-15-9-7-13-27(31)35(29)37-21-11-5-3-4-6-12-22-38-36-28-14-8-10-16-32(28)40-34-24-26(42-2)18-20-30(34)36;/h7-10,13-20,23-24H,3-6,11-12,21-22H2,1-2H3,(H,37,39)(H,38,40);1H. The van der Waals surface area contributed by atoms with Crippen LogP contribution in [-0.4, -0.2) is 35.6 Å². The van der Waals surface area contributed by atoms with Gasteiger partial charge in [0.05, 0.1) is 33.4 Å². The van der Waals surface area contributed by atoms with Crippen LogP contribution in [0, 0.1) is 0 Å². The third kappa shape index (κ3) is 7.14. The molecule has 7 heteroatoms. The molecule has 0 aliphatic carbocycles. The third-order valence-electron chi connectivity index (χ3n) is 7.98. The highest BCUT2D eigenvalue weighted by atomic mass is 35.5. The molecule has 0 unspecified atom stereocenters. The summed E-state index contributed by atoms with van der Waals surface area (Å²) in [6.07, 6.45) is 11.6. The van der Waals surface area contributed by atoms with Crippen LogP contribution >= 0.6 is 35.9 Å². The van der Waals surface area contributed by atoms with E-state index < -0.39 is 0 Å². The minimum atomic E-state index is 0. The van der Waals surface area contributed by atoms with Crippen molar-refractivity contribution in [2.75, 3.05) is 36.2 Å². The zero-order valence-electron chi connectivity index (χ0n) is 24.9. The highest BCUT2D eigenvalue weighted by Gasteiger charge is 2.11. The smallest absolute Gasteiger partial charge is 0.0741 e. The first-order valence-electron chi connectivity index (χ1n) is 15.0. The average molecular weight is 627 g/mol. The van der Waals surface area contributed by atoms with Crippen LogP contribution in [0.2, 0.25) is 0 Å². The van der Waals surface area contributed by atoms with E-state index in [0.29, 0.717) is 0 Å². The summed E-state index contributed by atoms with van der Waals surface area (Å²) in [5, 5.41) is 12.4. The number of hydrogen-bond donors (Lipinski definition) is 2. The van der Waals surface area contributed by atoms with E-state index in [1.165, 1.54) is 81.2 Å². The van der Waals surface area contributed by atoms with Crippen molar-refractivity contribution in [3.8, 4) is 0 Å². The van der Waals surface area contributed by atoms with E-state index in [4.69, 9.17) is 9.97 Å². The van der Waals surface area contributed by atoms with Crippen LogP contribution < -0.4 is 10.6 Å². The average Bonchev–Trinajstić information content (AvgIpc) is 3.04. The van der Waals surface area contributed by atoms with E-state index in [0.717, 1.165) is 35.2 Å². The SMILES string of the molecule is CSc1ccc2c(NCCCCCCCCNc3c4ccccc4nc4cc(SC)ccc34)c3ccccc3nc2c1.Cl. The number of hydrogen-bond acceptors (Lipinski definition) is 6. The zero-order chi connectivity index (χ0) is 28.7. The molecule has 0 radical (unpaired) electrons. The van der Waals surface area contributed by atoms with E-state index in [-0.39, 0.29) is 12.4 Å². The zero-order valence-corrected chi connectivity index (χ0v) is 27.3. The van der Waals surface area contributed by atoms with Gasteiger partial charge in [-0.2, -0.15) is 0 Å². The molecule has 2 heterocycles. The van der Waals surface area contributed by atoms with E-state index >= 15 is 0 Å². The number of nitrogens with zero attached hydrogens (tertiary/aromatic N) is 2. The second-order valence-corrected chi connectivity index (χ2v) is 12.5. The molecule has 4 nitrogen and oxygen atoms in total. The van der Waals surface area contributed by atoms with Crippen molar-refractivity contribution in [3.63, 3.8) is 0 Å². The first-order chi connectivity index (χ1) is 20.7. The molecule has 0 fully saturated rings. The Morgan fingerprint density at radius 3 is 1.33 bits per heavy atom. The van der Waals surface area contributed by atoms with Gasteiger partial charge in [0.15, 0.2) is 0 Å². The number of anilines is 2. The van der Waals surface area contributed by atoms with Gasteiger partial charge >= 0.3 is 0 Å². The van der Waals surface area contributed by atoms with Crippen molar-refractivity contribution in [2.45, 2.75) is 48.3 Å². The maximum Gasteiger partial charge on any atom is 0.0741 e. The number of pyridine rings is 2. The first kappa shape index (κ1) is 31.2. The highest BCUT2D eigenvalue weighted by molar-refractivity contribution is 7.98. The Labute approximate surface area is 269 Å². The predicted octanol–water partition coefficient (Wildman–Crippen LogP) is 10.8. The van der Waals surface area contributed by atoms with Gasteiger partial charge in [0.2, 0.25) is 0 Å². The molecule has 0 saturated carbocycles. The predicted molar refractivity (Wildman–Crippen MR) is 194 cm³/mol. The molecule has 6 rings (SSSR count). The van der Waals surface area contributed by atoms with E-state index in [9.17, 15) is 0 Å². The van der Waals surface area contributed by atoms with Crippen molar-refractivity contribution in [3.05, 3.63) is 84.9 Å². The van der Waals surface area contributed by atoms with Crippen LogP contribution in [0.25, 0.3) is 43.6 Å². The molecule has 222 valence electrons. The molecule has 2 N–H and O–H groups in total. The highest BCUT2D eigenvalue weighted by Crippen LogP contribution is 2.34. The molecule has 0 aliphatic rings. The first-order valence-corrected chi connectivity index (χ1v) is 17.4. The minimum absolute atomic E-state index is 0. The van der Waals surface area contributed by atoms with Crippen LogP contribution in [0.1, 0.15) is 38.5 Å². The number of rotatable bonds is 13. The lowest BCUT2D eigenvalue weighted by Gasteiger charge is -2.14. The van der Waals surface area contributed by atoms with Gasteiger partial charge in [-0.05, 0) is 73.9 Å². The van der Waals surface area contributed by atoms with Gasteiger partial charge in [-0.25, -0.2) is 9.97 Å². The van der Waals surface area contributed by atoms with E-state index in [1.54, 1.807) is 23.5 Å². The Morgan fingerprint density at radius 1 is 0.488 bits per heavy atom. The summed E-state index contributed by atoms with van der Waals surface area (Å²) in [5.41, 5.74) is 6.67. The Balaban J connectivity index is 0.00000368. The van der Waals surface area contributed by atoms with Crippen LogP contribution in [0.15, 0.2) is 94.7 Å². The minimum Gasteiger partial charge on any atom is -0.384 e. The fourth-order valence-electron chi connectivity index (χ4n) is 5.76. The lowest BCUT2D eigenvalue weighted by atomic mass is 10.1. The lowest BCUT2D eigenvalue weighted by molar-refractivity contribution is 0.610. The number of nitrogens with one attached hydrogen (secondary N) is 2. The van der Waals surface area contributed by atoms with Gasteiger partial charge in [0.1, 0.15) is 0 Å². The van der Waals surface area contributed by atoms with Gasteiger partial charge in [-0.1, -0.05) is 62.1 Å². The van der Waals surface area contributed by atoms with Crippen LogP contribution in [0.5, 0.6) is 0 Å². The molecular formula is C36H39ClN4S2. The van der Waals surface area contributed by atoms with Crippen molar-refractivity contribution in [1.29, 1.82) is 0 Å². The molecule has 0 atom stereocenters. The summed E-state index contributed by atoms with van der Waals surface area (Å²) in [7, 11) is 0. The van der Waals surface area contributed by atoms with Crippen molar-refractivity contribution in [2.24, 2.45) is 0 Å². The molecule has 0 bridgehead atoms. The van der Waals surface area contributed by atoms with E-state index in [2.05, 4.69) is 108 Å². The Morgan fingerprint density at radius 2 is 0.884 bits per heavy atom. The molecule has 4 aromatic carbocycles. The number of aromatic nitrogens is 2. The second kappa shape index (κ2) is 15.0. The summed E-state index contributed by atoms with van der Waals surface area (Å²) in [6.45, 7) is 1.96. The summed E-state index contributed by atoms with van der Waals surface area (Å²) in [4.78, 5) is 12.4. The Kier molecular flexibility index (Phi) is 10.9. The van der Waals surface area contributed by atoms with E-state index in [1.807, 2.05) is 0 Å². The van der Waals surface area contributed by atoms with Crippen LogP contribution in [0.3, 0.4) is 0 Å². The molecule has 43 heavy (non-hydrogen) atoms. The Hall–Kier alpha value is -3.19. The van der Waals surface area contributed by atoms with Gasteiger partial charge < -0.3 is 10.6 Å². The third-order valence-corrected chi connectivity index (χ3v) is 9.43. The van der Waals surface area contributed by atoms with Crippen molar-refractivity contribution in [1.82, 2.24) is 9.97 Å². The lowest BCUT2D eigenvalue weighted by Crippen LogP contribution is -2.04. The van der Waals surface area contributed by atoms with Crippen LogP contribution in [-0.2, 0) is 0 Å². The number of thioether (sulfide) groups is 2. The second-order valence-electron chi connectivity index (χ2n) is 10.7. The van der Waals surface area contributed by atoms with Gasteiger partial charge in [-0.3, -0.25) is 0 Å². The van der Waals surface area contributed by atoms with Gasteiger partial charge in [0, 0.05) is 44.4 Å². The summed E-state index contributed by atoms with van der Waals surface area (Å²) in [5.74, 6) is 0. The summed E-state index contributed by atoms with van der Waals surface area (Å²) in [6, 6.07) is 30.2. The molecule has 0 spiro atoms. The number of benzene rings is 4. The van der Waals surface area contributed by atoms with Crippen molar-refractivity contribution >= 4 is 90.9 Å². The van der Waals surface area contributed by atoms with Gasteiger partial charge in [0.25, 0.3) is 0 Å². The normalized spacial score (nSPS) is 11.3. The quantitative estimate of drug-likeness (QED) is 0.0755. The Bertz CT molecular complexity index is 1710. The largest absolute Gasteiger partial charge is 0.384 e. The summed E-state index contributed by atoms with van der Waals surface area (Å²) < 4.78 is 0. The topological polar surface area (TPSA) is 49.8 Å². The summed E-state index contributed by atoms with van der Waals surface area (Å²) >= 11 is 3.52. The maximum absolute atomic E-state index is 4.93. The molecule has 2 aromatic heterocycles. The monoisotopic (exact) mass is 626 g/mol. The van der Waals surface area contributed by atoms with Gasteiger partial charge in [-0.15, -0.1) is 35.9 Å². The fourth-order valence-corrected chi connectivity index (χ4v) is 6.63. The number of unbranched alkanes of at least 4 members (excludes halogenated alkanes) is 5.